The van der Waals surface area contributed by atoms with Crippen molar-refractivity contribution in [3.63, 3.8) is 0 Å². The molecule has 0 unspecified atom stereocenters. The fourth-order valence-corrected chi connectivity index (χ4v) is 1.49. The number of aliphatic imine (C=N–C) groups is 1. The van der Waals surface area contributed by atoms with Crippen molar-refractivity contribution in [2.24, 2.45) is 4.99 Å². The second-order valence-corrected chi connectivity index (χ2v) is 3.31. The minimum atomic E-state index is -0.323. The van der Waals surface area contributed by atoms with Crippen LogP contribution in [-0.4, -0.2) is 19.3 Å². The maximum Gasteiger partial charge on any atom is 0.337 e. The Kier molecular flexibility index (Phi) is 2.96. The van der Waals surface area contributed by atoms with E-state index in [9.17, 15) is 4.79 Å². The highest BCUT2D eigenvalue weighted by molar-refractivity contribution is 5.91. The van der Waals surface area contributed by atoms with Crippen LogP contribution >= 0.6 is 0 Å². The zero-order chi connectivity index (χ0) is 11.4. The van der Waals surface area contributed by atoms with E-state index < -0.39 is 0 Å². The standard InChI is InChI=1S/C13H11NO2/c1-16-13(15)12-5-4-10-6-8-14-7-2-3-11(10)9-12/h2-9H,1H3/b3-2-,7-2?,8-6-,10-6?,11-3?,14-7-,14-8?. The van der Waals surface area contributed by atoms with Crippen molar-refractivity contribution in [2.45, 2.75) is 0 Å². The molecule has 0 atom stereocenters. The van der Waals surface area contributed by atoms with Gasteiger partial charge in [0.2, 0.25) is 0 Å². The van der Waals surface area contributed by atoms with Crippen molar-refractivity contribution in [1.82, 2.24) is 0 Å². The van der Waals surface area contributed by atoms with E-state index in [4.69, 9.17) is 0 Å². The number of benzene rings is 1. The van der Waals surface area contributed by atoms with E-state index in [2.05, 4.69) is 9.73 Å². The van der Waals surface area contributed by atoms with E-state index >= 15 is 0 Å². The van der Waals surface area contributed by atoms with Gasteiger partial charge in [0.15, 0.2) is 0 Å². The molecule has 1 aliphatic heterocycles. The van der Waals surface area contributed by atoms with Gasteiger partial charge in [-0.3, -0.25) is 4.99 Å². The summed E-state index contributed by atoms with van der Waals surface area (Å²) in [5.74, 6) is -0.323. The second kappa shape index (κ2) is 4.57. The second-order valence-electron chi connectivity index (χ2n) is 3.31. The fourth-order valence-electron chi connectivity index (χ4n) is 1.49. The van der Waals surface area contributed by atoms with Gasteiger partial charge in [0.05, 0.1) is 12.7 Å². The van der Waals surface area contributed by atoms with E-state index in [0.717, 1.165) is 11.1 Å². The number of fused-ring (bicyclic) bond motifs is 1. The summed E-state index contributed by atoms with van der Waals surface area (Å²) in [4.78, 5) is 15.4. The van der Waals surface area contributed by atoms with Crippen LogP contribution in [0.1, 0.15) is 21.5 Å². The summed E-state index contributed by atoms with van der Waals surface area (Å²) in [6.45, 7) is 0. The molecule has 3 nitrogen and oxygen atoms in total. The molecule has 1 heterocycles. The molecule has 0 fully saturated rings. The van der Waals surface area contributed by atoms with Gasteiger partial charge < -0.3 is 4.74 Å². The monoisotopic (exact) mass is 213 g/mol. The van der Waals surface area contributed by atoms with Gasteiger partial charge in [-0.25, -0.2) is 4.79 Å². The first-order valence-corrected chi connectivity index (χ1v) is 4.90. The number of hydrogen-bond donors (Lipinski definition) is 0. The molecule has 0 amide bonds. The van der Waals surface area contributed by atoms with E-state index in [1.165, 1.54) is 7.11 Å². The topological polar surface area (TPSA) is 38.7 Å². The molecule has 16 heavy (non-hydrogen) atoms. The number of rotatable bonds is 1. The molecule has 0 saturated heterocycles. The van der Waals surface area contributed by atoms with E-state index in [1.807, 2.05) is 24.3 Å². The molecule has 1 aromatic rings. The Balaban J connectivity index is 2.46. The van der Waals surface area contributed by atoms with E-state index in [-0.39, 0.29) is 5.97 Å². The van der Waals surface area contributed by atoms with E-state index in [0.29, 0.717) is 5.56 Å². The Morgan fingerprint density at radius 1 is 1.25 bits per heavy atom. The average Bonchev–Trinajstić information content (AvgIpc) is 2.28. The Hall–Kier alpha value is -2.16. The Morgan fingerprint density at radius 2 is 2.12 bits per heavy atom. The van der Waals surface area contributed by atoms with Gasteiger partial charge in [0.25, 0.3) is 0 Å². The van der Waals surface area contributed by atoms with E-state index in [1.54, 1.807) is 24.5 Å². The molecule has 0 aromatic heterocycles. The number of ether oxygens (including phenoxy) is 1. The zero-order valence-corrected chi connectivity index (χ0v) is 8.88. The Bertz CT molecular complexity index is 499. The minimum absolute atomic E-state index is 0.323. The molecule has 80 valence electrons. The number of esters is 1. The van der Waals surface area contributed by atoms with Gasteiger partial charge in [-0.15, -0.1) is 0 Å². The minimum Gasteiger partial charge on any atom is -0.465 e. The number of allylic oxidation sites excluding steroid dienone is 1. The van der Waals surface area contributed by atoms with Crippen LogP contribution in [0.15, 0.2) is 35.5 Å². The number of carbonyl (C=O) groups is 1. The lowest BCUT2D eigenvalue weighted by molar-refractivity contribution is 0.0600. The summed E-state index contributed by atoms with van der Waals surface area (Å²) in [7, 11) is 1.38. The van der Waals surface area contributed by atoms with Crippen LogP contribution in [0.25, 0.3) is 12.2 Å². The van der Waals surface area contributed by atoms with Crippen molar-refractivity contribution in [1.29, 1.82) is 0 Å². The van der Waals surface area contributed by atoms with Crippen molar-refractivity contribution >= 4 is 24.3 Å². The molecule has 1 aliphatic rings. The van der Waals surface area contributed by atoms with Gasteiger partial charge in [-0.2, -0.15) is 0 Å². The lowest BCUT2D eigenvalue weighted by Crippen LogP contribution is -2.01. The predicted molar refractivity (Wildman–Crippen MR) is 64.3 cm³/mol. The molecule has 3 heteroatoms. The normalized spacial score (nSPS) is 18.8. The van der Waals surface area contributed by atoms with Crippen molar-refractivity contribution in [2.75, 3.05) is 7.11 Å². The lowest BCUT2D eigenvalue weighted by atomic mass is 10.0. The maximum absolute atomic E-state index is 11.4. The first-order chi connectivity index (χ1) is 7.81. The van der Waals surface area contributed by atoms with Crippen LogP contribution < -0.4 is 0 Å². The lowest BCUT2D eigenvalue weighted by Gasteiger charge is -2.05. The summed E-state index contributed by atoms with van der Waals surface area (Å²) in [5, 5.41) is 0. The molecular formula is C13H11NO2. The Morgan fingerprint density at radius 3 is 2.94 bits per heavy atom. The highest BCUT2D eigenvalue weighted by Crippen LogP contribution is 2.17. The van der Waals surface area contributed by atoms with Gasteiger partial charge in [0, 0.05) is 12.4 Å². The third-order valence-corrected chi connectivity index (χ3v) is 2.30. The third-order valence-electron chi connectivity index (χ3n) is 2.30. The number of methoxy groups -OCH3 is 1. The van der Waals surface area contributed by atoms with Crippen LogP contribution in [0.2, 0.25) is 0 Å². The van der Waals surface area contributed by atoms with Gasteiger partial charge in [-0.1, -0.05) is 12.1 Å². The first-order valence-electron chi connectivity index (χ1n) is 4.90. The molecule has 0 radical (unpaired) electrons. The first kappa shape index (κ1) is 10.4. The molecule has 0 saturated carbocycles. The van der Waals surface area contributed by atoms with Crippen LogP contribution in [-0.2, 0) is 4.74 Å². The fraction of sp³-hybridized carbons (Fsp3) is 0.0769. The van der Waals surface area contributed by atoms with Crippen LogP contribution in [0.4, 0.5) is 0 Å². The van der Waals surface area contributed by atoms with Crippen molar-refractivity contribution < 1.29 is 9.53 Å². The largest absolute Gasteiger partial charge is 0.465 e. The van der Waals surface area contributed by atoms with Crippen LogP contribution in [0, 0.1) is 0 Å². The quantitative estimate of drug-likeness (QED) is 0.672. The zero-order valence-electron chi connectivity index (χ0n) is 8.88. The van der Waals surface area contributed by atoms with Crippen molar-refractivity contribution in [3.8, 4) is 0 Å². The summed E-state index contributed by atoms with van der Waals surface area (Å²) < 4.78 is 4.68. The molecule has 1 aromatic carbocycles. The van der Waals surface area contributed by atoms with Gasteiger partial charge in [0.1, 0.15) is 0 Å². The van der Waals surface area contributed by atoms with Gasteiger partial charge in [-0.05, 0) is 35.4 Å². The molecule has 0 spiro atoms. The molecule has 0 aliphatic carbocycles. The van der Waals surface area contributed by atoms with Crippen LogP contribution in [0.5, 0.6) is 0 Å². The van der Waals surface area contributed by atoms with Crippen molar-refractivity contribution in [3.05, 3.63) is 47.2 Å². The molecule has 0 bridgehead atoms. The van der Waals surface area contributed by atoms with Crippen LogP contribution in [0.3, 0.4) is 0 Å². The third kappa shape index (κ3) is 2.08. The summed E-state index contributed by atoms with van der Waals surface area (Å²) >= 11 is 0. The predicted octanol–water partition coefficient (Wildman–Crippen LogP) is 2.54. The summed E-state index contributed by atoms with van der Waals surface area (Å²) in [6, 6.07) is 5.43. The van der Waals surface area contributed by atoms with Gasteiger partial charge >= 0.3 is 5.97 Å². The smallest absolute Gasteiger partial charge is 0.337 e. The highest BCUT2D eigenvalue weighted by atomic mass is 16.5. The Labute approximate surface area is 93.8 Å². The number of carbonyl (C=O) groups excluding carboxylic acids is 1. The molecule has 2 rings (SSSR count). The molecular weight excluding hydrogens is 202 g/mol. The number of hydrogen-bond acceptors (Lipinski definition) is 3. The highest BCUT2D eigenvalue weighted by Gasteiger charge is 2.07. The maximum atomic E-state index is 11.4. The number of nitrogens with zero attached hydrogens (tertiary/aromatic N) is 1. The SMILES string of the molecule is COC(=O)c1ccc2c(c1)\C=C/C=N\C=C/2. The molecule has 0 N–H and O–H groups in total. The summed E-state index contributed by atoms with van der Waals surface area (Å²) in [5.41, 5.74) is 2.56. The summed E-state index contributed by atoms with van der Waals surface area (Å²) in [6.07, 6.45) is 9.07. The average molecular weight is 213 g/mol.